The monoisotopic (exact) mass is 155 g/mol. The maximum Gasteiger partial charge on any atom is 0.328 e. The summed E-state index contributed by atoms with van der Waals surface area (Å²) in [6.07, 6.45) is 1.53. The van der Waals surface area contributed by atoms with Crippen molar-refractivity contribution in [1.29, 1.82) is 0 Å². The molecule has 0 radical (unpaired) electrons. The van der Waals surface area contributed by atoms with Crippen molar-refractivity contribution >= 4 is 5.97 Å². The van der Waals surface area contributed by atoms with Crippen LogP contribution in [0.1, 0.15) is 11.7 Å². The van der Waals surface area contributed by atoms with Crippen molar-refractivity contribution in [2.75, 3.05) is 7.11 Å². The molecule has 0 aromatic carbocycles. The molecular formula is C6H9N3O2. The second kappa shape index (κ2) is 3.16. The van der Waals surface area contributed by atoms with Gasteiger partial charge in [0.15, 0.2) is 0 Å². The highest BCUT2D eigenvalue weighted by Crippen LogP contribution is 2.05. The lowest BCUT2D eigenvalue weighted by Crippen LogP contribution is -2.22. The molecule has 0 saturated carbocycles. The zero-order chi connectivity index (χ0) is 8.27. The topological polar surface area (TPSA) is 81.0 Å². The molecule has 5 heteroatoms. The van der Waals surface area contributed by atoms with E-state index in [0.29, 0.717) is 5.69 Å². The van der Waals surface area contributed by atoms with E-state index < -0.39 is 12.0 Å². The predicted octanol–water partition coefficient (Wildman–Crippen LogP) is -0.418. The smallest absolute Gasteiger partial charge is 0.328 e. The van der Waals surface area contributed by atoms with Crippen molar-refractivity contribution in [3.8, 4) is 0 Å². The van der Waals surface area contributed by atoms with Gasteiger partial charge in [0.05, 0.1) is 12.8 Å². The fourth-order valence-electron chi connectivity index (χ4n) is 0.694. The van der Waals surface area contributed by atoms with Gasteiger partial charge in [0.1, 0.15) is 6.04 Å². The molecule has 0 aliphatic heterocycles. The van der Waals surface area contributed by atoms with Crippen molar-refractivity contribution in [2.24, 2.45) is 5.73 Å². The molecular weight excluding hydrogens is 146 g/mol. The molecule has 60 valence electrons. The molecule has 0 spiro atoms. The number of methoxy groups -OCH3 is 1. The molecule has 1 atom stereocenters. The number of nitrogens with zero attached hydrogens (tertiary/aromatic N) is 1. The Labute approximate surface area is 63.5 Å². The molecule has 1 heterocycles. The Morgan fingerprint density at radius 3 is 3.09 bits per heavy atom. The van der Waals surface area contributed by atoms with Crippen LogP contribution in [0.5, 0.6) is 0 Å². The van der Waals surface area contributed by atoms with Gasteiger partial charge in [-0.15, -0.1) is 0 Å². The Balaban J connectivity index is 2.70. The van der Waals surface area contributed by atoms with Gasteiger partial charge in [-0.25, -0.2) is 4.79 Å². The summed E-state index contributed by atoms with van der Waals surface area (Å²) in [6, 6.07) is 0.865. The molecule has 0 fully saturated rings. The van der Waals surface area contributed by atoms with Crippen molar-refractivity contribution in [1.82, 2.24) is 10.2 Å². The minimum absolute atomic E-state index is 0.478. The number of carbonyl (C=O) groups is 1. The van der Waals surface area contributed by atoms with Crippen molar-refractivity contribution < 1.29 is 9.53 Å². The van der Waals surface area contributed by atoms with E-state index in [1.807, 2.05) is 0 Å². The number of hydrogen-bond acceptors (Lipinski definition) is 4. The number of ether oxygens (including phenoxy) is 1. The quantitative estimate of drug-likeness (QED) is 0.568. The van der Waals surface area contributed by atoms with Crippen LogP contribution in [0.15, 0.2) is 12.3 Å². The number of rotatable bonds is 2. The van der Waals surface area contributed by atoms with Crippen LogP contribution in [-0.4, -0.2) is 23.3 Å². The molecule has 0 aliphatic rings. The normalized spacial score (nSPS) is 12.5. The lowest BCUT2D eigenvalue weighted by Gasteiger charge is -2.04. The van der Waals surface area contributed by atoms with Gasteiger partial charge in [-0.3, -0.25) is 5.10 Å². The van der Waals surface area contributed by atoms with Crippen LogP contribution in [-0.2, 0) is 9.53 Å². The summed E-state index contributed by atoms with van der Waals surface area (Å²) in [7, 11) is 1.29. The zero-order valence-corrected chi connectivity index (χ0v) is 6.07. The average molecular weight is 155 g/mol. The first kappa shape index (κ1) is 7.74. The highest BCUT2D eigenvalue weighted by molar-refractivity contribution is 5.76. The number of aromatic amines is 1. The third-order valence-corrected chi connectivity index (χ3v) is 1.31. The van der Waals surface area contributed by atoms with Crippen molar-refractivity contribution in [3.05, 3.63) is 18.0 Å². The van der Waals surface area contributed by atoms with Crippen LogP contribution in [0, 0.1) is 0 Å². The van der Waals surface area contributed by atoms with E-state index in [1.165, 1.54) is 13.3 Å². The number of nitrogens with one attached hydrogen (secondary N) is 1. The van der Waals surface area contributed by atoms with E-state index in [0.717, 1.165) is 0 Å². The van der Waals surface area contributed by atoms with Gasteiger partial charge in [0, 0.05) is 6.20 Å². The van der Waals surface area contributed by atoms with Crippen molar-refractivity contribution in [3.63, 3.8) is 0 Å². The van der Waals surface area contributed by atoms with Crippen molar-refractivity contribution in [2.45, 2.75) is 6.04 Å². The van der Waals surface area contributed by atoms with E-state index in [-0.39, 0.29) is 0 Å². The second-order valence-electron chi connectivity index (χ2n) is 2.01. The summed E-state index contributed by atoms with van der Waals surface area (Å²) < 4.78 is 4.42. The fraction of sp³-hybridized carbons (Fsp3) is 0.333. The van der Waals surface area contributed by atoms with E-state index in [9.17, 15) is 4.79 Å². The molecule has 1 rings (SSSR count). The Bertz CT molecular complexity index is 232. The molecule has 1 aromatic rings. The third kappa shape index (κ3) is 1.56. The van der Waals surface area contributed by atoms with Gasteiger partial charge in [-0.05, 0) is 6.07 Å². The molecule has 0 amide bonds. The molecule has 0 bridgehead atoms. The van der Waals surface area contributed by atoms with Crippen LogP contribution >= 0.6 is 0 Å². The summed E-state index contributed by atoms with van der Waals surface area (Å²) >= 11 is 0. The molecule has 3 N–H and O–H groups in total. The first-order valence-electron chi connectivity index (χ1n) is 3.08. The highest BCUT2D eigenvalue weighted by atomic mass is 16.5. The van der Waals surface area contributed by atoms with E-state index in [4.69, 9.17) is 5.73 Å². The number of carbonyl (C=O) groups excluding carboxylic acids is 1. The van der Waals surface area contributed by atoms with Gasteiger partial charge >= 0.3 is 5.97 Å². The molecule has 11 heavy (non-hydrogen) atoms. The molecule has 1 aromatic heterocycles. The minimum atomic E-state index is -0.762. The van der Waals surface area contributed by atoms with E-state index >= 15 is 0 Å². The summed E-state index contributed by atoms with van der Waals surface area (Å²) in [4.78, 5) is 10.8. The van der Waals surface area contributed by atoms with Gasteiger partial charge in [0.2, 0.25) is 0 Å². The Morgan fingerprint density at radius 1 is 1.91 bits per heavy atom. The molecule has 0 aliphatic carbocycles. The summed E-state index contributed by atoms with van der Waals surface area (Å²) in [6.45, 7) is 0. The minimum Gasteiger partial charge on any atom is -0.468 e. The largest absolute Gasteiger partial charge is 0.468 e. The SMILES string of the molecule is COC(=O)C(N)c1ccn[nH]1. The maximum atomic E-state index is 10.8. The number of hydrogen-bond donors (Lipinski definition) is 2. The molecule has 5 nitrogen and oxygen atoms in total. The summed E-state index contributed by atoms with van der Waals surface area (Å²) in [5.74, 6) is -0.478. The lowest BCUT2D eigenvalue weighted by atomic mass is 10.2. The van der Waals surface area contributed by atoms with Gasteiger partial charge in [0.25, 0.3) is 0 Å². The van der Waals surface area contributed by atoms with Crippen LogP contribution < -0.4 is 5.73 Å². The summed E-state index contributed by atoms with van der Waals surface area (Å²) in [5, 5.41) is 6.22. The number of nitrogens with two attached hydrogens (primary N) is 1. The number of aromatic nitrogens is 2. The van der Waals surface area contributed by atoms with Gasteiger partial charge in [-0.1, -0.05) is 0 Å². The zero-order valence-electron chi connectivity index (χ0n) is 6.07. The van der Waals surface area contributed by atoms with Crippen LogP contribution in [0.2, 0.25) is 0 Å². The lowest BCUT2D eigenvalue weighted by molar-refractivity contribution is -0.142. The van der Waals surface area contributed by atoms with Crippen LogP contribution in [0.3, 0.4) is 0 Å². The molecule has 0 saturated heterocycles. The second-order valence-corrected chi connectivity index (χ2v) is 2.01. The number of esters is 1. The van der Waals surface area contributed by atoms with Crippen LogP contribution in [0.4, 0.5) is 0 Å². The first-order valence-corrected chi connectivity index (χ1v) is 3.08. The van der Waals surface area contributed by atoms with Gasteiger partial charge < -0.3 is 10.5 Å². The average Bonchev–Trinajstić information content (AvgIpc) is 2.53. The standard InChI is InChI=1S/C6H9N3O2/c1-11-6(10)5(7)4-2-3-8-9-4/h2-3,5H,7H2,1H3,(H,8,9). The highest BCUT2D eigenvalue weighted by Gasteiger charge is 2.16. The summed E-state index contributed by atoms with van der Waals surface area (Å²) in [5.41, 5.74) is 6.00. The molecule has 1 unspecified atom stereocenters. The van der Waals surface area contributed by atoms with Gasteiger partial charge in [-0.2, -0.15) is 5.10 Å². The fourth-order valence-corrected chi connectivity index (χ4v) is 0.694. The predicted molar refractivity (Wildman–Crippen MR) is 37.5 cm³/mol. The van der Waals surface area contributed by atoms with Crippen LogP contribution in [0.25, 0.3) is 0 Å². The first-order chi connectivity index (χ1) is 5.25. The Kier molecular flexibility index (Phi) is 2.22. The Hall–Kier alpha value is -1.36. The number of H-pyrrole nitrogens is 1. The Morgan fingerprint density at radius 2 is 2.64 bits per heavy atom. The van der Waals surface area contributed by atoms with E-state index in [1.54, 1.807) is 6.07 Å². The third-order valence-electron chi connectivity index (χ3n) is 1.31. The van der Waals surface area contributed by atoms with E-state index in [2.05, 4.69) is 14.9 Å². The maximum absolute atomic E-state index is 10.8.